The average molecular weight is 314 g/mol. The maximum Gasteiger partial charge on any atom is 0.276 e. The zero-order valence-electron chi connectivity index (χ0n) is 13.4. The molecule has 2 aromatic heterocycles. The Balaban J connectivity index is 1.50. The number of amides is 1. The predicted molar refractivity (Wildman–Crippen MR) is 84.1 cm³/mol. The molecule has 2 fully saturated rings. The van der Waals surface area contributed by atoms with Crippen molar-refractivity contribution in [1.82, 2.24) is 19.8 Å². The van der Waals surface area contributed by atoms with Gasteiger partial charge in [-0.05, 0) is 44.6 Å². The molecule has 1 amide bonds. The van der Waals surface area contributed by atoms with Gasteiger partial charge in [-0.2, -0.15) is 5.10 Å². The Morgan fingerprint density at radius 2 is 2.22 bits per heavy atom. The minimum Gasteiger partial charge on any atom is -0.360 e. The number of carbonyl (C=O) groups is 1. The number of hydrogen-bond acceptors (Lipinski definition) is 4. The molecule has 0 spiro atoms. The van der Waals surface area contributed by atoms with Crippen molar-refractivity contribution in [2.75, 3.05) is 6.54 Å². The van der Waals surface area contributed by atoms with Crippen molar-refractivity contribution in [1.29, 1.82) is 0 Å². The largest absolute Gasteiger partial charge is 0.360 e. The molecule has 6 nitrogen and oxygen atoms in total. The lowest BCUT2D eigenvalue weighted by Gasteiger charge is -2.35. The molecule has 0 N–H and O–H groups in total. The highest BCUT2D eigenvalue weighted by Gasteiger charge is 2.32. The fraction of sp³-hybridized carbons (Fsp3) is 0.588. The van der Waals surface area contributed by atoms with Crippen molar-refractivity contribution in [2.24, 2.45) is 0 Å². The van der Waals surface area contributed by atoms with Crippen LogP contribution in [-0.4, -0.2) is 38.3 Å². The number of aryl methyl sites for hydroxylation is 1. The zero-order chi connectivity index (χ0) is 15.8. The van der Waals surface area contributed by atoms with E-state index in [1.54, 1.807) is 0 Å². The molecule has 0 aromatic carbocycles. The fourth-order valence-electron chi connectivity index (χ4n) is 3.34. The van der Waals surface area contributed by atoms with E-state index in [0.717, 1.165) is 56.5 Å². The first-order chi connectivity index (χ1) is 11.2. The number of hydrogen-bond donors (Lipinski definition) is 0. The van der Waals surface area contributed by atoms with Gasteiger partial charge in [0.1, 0.15) is 5.76 Å². The van der Waals surface area contributed by atoms with Gasteiger partial charge in [-0.25, -0.2) is 0 Å². The van der Waals surface area contributed by atoms with Crippen LogP contribution in [0.25, 0.3) is 0 Å². The second-order valence-corrected chi connectivity index (χ2v) is 6.78. The Morgan fingerprint density at radius 1 is 1.35 bits per heavy atom. The monoisotopic (exact) mass is 314 g/mol. The Labute approximate surface area is 135 Å². The lowest BCUT2D eigenvalue weighted by atomic mass is 10.0. The third kappa shape index (κ3) is 3.02. The summed E-state index contributed by atoms with van der Waals surface area (Å²) in [5, 5.41) is 8.37. The summed E-state index contributed by atoms with van der Waals surface area (Å²) in [6, 6.07) is 2.01. The van der Waals surface area contributed by atoms with E-state index in [9.17, 15) is 4.79 Å². The summed E-state index contributed by atoms with van der Waals surface area (Å²) >= 11 is 0. The van der Waals surface area contributed by atoms with Crippen LogP contribution < -0.4 is 0 Å². The first-order valence-corrected chi connectivity index (χ1v) is 8.47. The van der Waals surface area contributed by atoms with E-state index in [4.69, 9.17) is 4.52 Å². The SMILES string of the molecule is Cc1cnn(C[C@H]2CCCCN2C(=O)c2cc(C3CC3)on2)c1. The molecule has 4 rings (SSSR count). The minimum absolute atomic E-state index is 0.00534. The van der Waals surface area contributed by atoms with Crippen molar-refractivity contribution in [3.8, 4) is 0 Å². The molecular formula is C17H22N4O2. The van der Waals surface area contributed by atoms with Crippen LogP contribution in [-0.2, 0) is 6.54 Å². The van der Waals surface area contributed by atoms with Crippen LogP contribution in [0.5, 0.6) is 0 Å². The van der Waals surface area contributed by atoms with Crippen molar-refractivity contribution >= 4 is 5.91 Å². The first kappa shape index (κ1) is 14.5. The number of piperidine rings is 1. The van der Waals surface area contributed by atoms with E-state index < -0.39 is 0 Å². The van der Waals surface area contributed by atoms with E-state index in [0.29, 0.717) is 11.6 Å². The highest BCUT2D eigenvalue weighted by molar-refractivity contribution is 5.92. The van der Waals surface area contributed by atoms with Gasteiger partial charge in [0.2, 0.25) is 0 Å². The van der Waals surface area contributed by atoms with E-state index in [2.05, 4.69) is 10.3 Å². The summed E-state index contributed by atoms with van der Waals surface area (Å²) in [6.07, 6.45) is 9.39. The lowest BCUT2D eigenvalue weighted by molar-refractivity contribution is 0.0573. The maximum absolute atomic E-state index is 12.8. The third-order valence-electron chi connectivity index (χ3n) is 4.78. The van der Waals surface area contributed by atoms with E-state index in [1.807, 2.05) is 35.0 Å². The Kier molecular flexibility index (Phi) is 3.67. The number of nitrogens with zero attached hydrogens (tertiary/aromatic N) is 4. The molecule has 6 heteroatoms. The van der Waals surface area contributed by atoms with Crippen molar-refractivity contribution in [3.63, 3.8) is 0 Å². The zero-order valence-corrected chi connectivity index (χ0v) is 13.4. The summed E-state index contributed by atoms with van der Waals surface area (Å²) in [6.45, 7) is 3.56. The second-order valence-electron chi connectivity index (χ2n) is 6.78. The van der Waals surface area contributed by atoms with Gasteiger partial charge in [-0.3, -0.25) is 9.48 Å². The molecule has 1 aliphatic heterocycles. The van der Waals surface area contributed by atoms with Crippen LogP contribution in [0.15, 0.2) is 23.0 Å². The molecule has 23 heavy (non-hydrogen) atoms. The summed E-state index contributed by atoms with van der Waals surface area (Å²) in [5.74, 6) is 1.34. The molecule has 2 aliphatic rings. The number of likely N-dealkylation sites (tertiary alicyclic amines) is 1. The van der Waals surface area contributed by atoms with Crippen LogP contribution >= 0.6 is 0 Å². The van der Waals surface area contributed by atoms with Crippen LogP contribution in [0.1, 0.15) is 59.8 Å². The van der Waals surface area contributed by atoms with Gasteiger partial charge < -0.3 is 9.42 Å². The summed E-state index contributed by atoms with van der Waals surface area (Å²) in [4.78, 5) is 14.8. The first-order valence-electron chi connectivity index (χ1n) is 8.47. The maximum atomic E-state index is 12.8. The topological polar surface area (TPSA) is 64.2 Å². The molecular weight excluding hydrogens is 292 g/mol. The second kappa shape index (κ2) is 5.83. The molecule has 1 atom stereocenters. The smallest absolute Gasteiger partial charge is 0.276 e. The highest BCUT2D eigenvalue weighted by Crippen LogP contribution is 2.40. The third-order valence-corrected chi connectivity index (χ3v) is 4.78. The molecule has 1 saturated heterocycles. The van der Waals surface area contributed by atoms with E-state index in [-0.39, 0.29) is 11.9 Å². The summed E-state index contributed by atoms with van der Waals surface area (Å²) in [7, 11) is 0. The fourth-order valence-corrected chi connectivity index (χ4v) is 3.34. The van der Waals surface area contributed by atoms with Crippen LogP contribution in [0, 0.1) is 6.92 Å². The molecule has 1 saturated carbocycles. The average Bonchev–Trinajstić information content (AvgIpc) is 3.15. The van der Waals surface area contributed by atoms with Gasteiger partial charge in [0, 0.05) is 24.7 Å². The quantitative estimate of drug-likeness (QED) is 0.870. The van der Waals surface area contributed by atoms with Crippen molar-refractivity contribution < 1.29 is 9.32 Å². The lowest BCUT2D eigenvalue weighted by Crippen LogP contribution is -2.46. The molecule has 2 aromatic rings. The molecule has 0 bridgehead atoms. The van der Waals surface area contributed by atoms with Gasteiger partial charge >= 0.3 is 0 Å². The molecule has 122 valence electrons. The van der Waals surface area contributed by atoms with E-state index >= 15 is 0 Å². The molecule has 0 unspecified atom stereocenters. The van der Waals surface area contributed by atoms with Gasteiger partial charge in [0.05, 0.1) is 18.8 Å². The van der Waals surface area contributed by atoms with Crippen LogP contribution in [0.4, 0.5) is 0 Å². The van der Waals surface area contributed by atoms with Crippen molar-refractivity contribution in [2.45, 2.75) is 57.5 Å². The highest BCUT2D eigenvalue weighted by atomic mass is 16.5. The number of aromatic nitrogens is 3. The van der Waals surface area contributed by atoms with Gasteiger partial charge in [0.15, 0.2) is 5.69 Å². The normalized spacial score (nSPS) is 21.6. The van der Waals surface area contributed by atoms with Crippen molar-refractivity contribution in [3.05, 3.63) is 35.5 Å². The standard InChI is InChI=1S/C17H22N4O2/c1-12-9-18-20(10-12)11-14-4-2-3-7-21(14)17(22)15-8-16(23-19-15)13-5-6-13/h8-10,13-14H,2-7,11H2,1H3/t14-/m1/s1. The Hall–Kier alpha value is -2.11. The van der Waals surface area contributed by atoms with Crippen LogP contribution in [0.3, 0.4) is 0 Å². The Bertz CT molecular complexity index is 701. The van der Waals surface area contributed by atoms with Crippen LogP contribution in [0.2, 0.25) is 0 Å². The molecule has 0 radical (unpaired) electrons. The number of rotatable bonds is 4. The van der Waals surface area contributed by atoms with Gasteiger partial charge in [-0.15, -0.1) is 0 Å². The summed E-state index contributed by atoms with van der Waals surface area (Å²) < 4.78 is 7.28. The predicted octanol–water partition coefficient (Wildman–Crippen LogP) is 2.75. The molecule has 1 aliphatic carbocycles. The van der Waals surface area contributed by atoms with Gasteiger partial charge in [-0.1, -0.05) is 5.16 Å². The molecule has 3 heterocycles. The minimum atomic E-state index is -0.00534. The Morgan fingerprint density at radius 3 is 2.96 bits per heavy atom. The number of carbonyl (C=O) groups excluding carboxylic acids is 1. The van der Waals surface area contributed by atoms with Gasteiger partial charge in [0.25, 0.3) is 5.91 Å². The van der Waals surface area contributed by atoms with E-state index in [1.165, 1.54) is 0 Å². The summed E-state index contributed by atoms with van der Waals surface area (Å²) in [5.41, 5.74) is 1.60.